The van der Waals surface area contributed by atoms with Crippen LogP contribution in [0, 0.1) is 0 Å². The predicted octanol–water partition coefficient (Wildman–Crippen LogP) is 4.06. The molecule has 4 nitrogen and oxygen atoms in total. The van der Waals surface area contributed by atoms with Crippen LogP contribution in [0.3, 0.4) is 0 Å². The highest BCUT2D eigenvalue weighted by atomic mass is 16.1. The highest BCUT2D eigenvalue weighted by Crippen LogP contribution is 2.21. The van der Waals surface area contributed by atoms with Crippen LogP contribution in [0.5, 0.6) is 0 Å². The molecule has 1 aliphatic rings. The van der Waals surface area contributed by atoms with Crippen molar-refractivity contribution < 1.29 is 4.79 Å². The van der Waals surface area contributed by atoms with Crippen molar-refractivity contribution >= 4 is 17.3 Å². The second-order valence-corrected chi connectivity index (χ2v) is 6.32. The number of aromatic nitrogens is 1. The number of hydrogen-bond donors (Lipinski definition) is 1. The van der Waals surface area contributed by atoms with Gasteiger partial charge in [0.05, 0.1) is 0 Å². The van der Waals surface area contributed by atoms with E-state index in [0.717, 1.165) is 24.5 Å². The zero-order valence-electron chi connectivity index (χ0n) is 13.7. The Morgan fingerprint density at radius 3 is 2.48 bits per heavy atom. The molecule has 0 atom stereocenters. The van der Waals surface area contributed by atoms with Crippen molar-refractivity contribution in [3.63, 3.8) is 0 Å². The summed E-state index contributed by atoms with van der Waals surface area (Å²) in [6.45, 7) is 6.42. The molecule has 4 heteroatoms. The molecule has 0 unspecified atom stereocenters. The van der Waals surface area contributed by atoms with E-state index >= 15 is 0 Å². The lowest BCUT2D eigenvalue weighted by Crippen LogP contribution is -2.19. The van der Waals surface area contributed by atoms with Crippen LogP contribution in [-0.4, -0.2) is 24.0 Å². The number of hydrogen-bond acceptors (Lipinski definition) is 3. The van der Waals surface area contributed by atoms with Crippen molar-refractivity contribution in [2.24, 2.45) is 0 Å². The molecule has 1 N–H and O–H groups in total. The molecule has 0 radical (unpaired) electrons. The van der Waals surface area contributed by atoms with Crippen LogP contribution >= 0.6 is 0 Å². The van der Waals surface area contributed by atoms with Crippen molar-refractivity contribution in [2.45, 2.75) is 32.6 Å². The van der Waals surface area contributed by atoms with Crippen LogP contribution in [0.15, 0.2) is 42.6 Å². The Bertz CT molecular complexity index is 673. The number of rotatable bonds is 4. The van der Waals surface area contributed by atoms with Crippen LogP contribution in [0.25, 0.3) is 0 Å². The molecule has 0 bridgehead atoms. The molecule has 1 saturated heterocycles. The molecule has 2 aromatic rings. The minimum absolute atomic E-state index is 0.164. The third kappa shape index (κ3) is 3.70. The van der Waals surface area contributed by atoms with Gasteiger partial charge in [-0.2, -0.15) is 0 Å². The molecule has 1 aromatic heterocycles. The minimum Gasteiger partial charge on any atom is -0.371 e. The first kappa shape index (κ1) is 15.5. The van der Waals surface area contributed by atoms with Gasteiger partial charge in [0.2, 0.25) is 0 Å². The molecule has 0 spiro atoms. The van der Waals surface area contributed by atoms with Gasteiger partial charge in [-0.1, -0.05) is 26.0 Å². The zero-order valence-corrected chi connectivity index (χ0v) is 13.7. The van der Waals surface area contributed by atoms with Crippen LogP contribution in [-0.2, 0) is 0 Å². The lowest BCUT2D eigenvalue weighted by atomic mass is 10.0. The molecule has 1 fully saturated rings. The van der Waals surface area contributed by atoms with Gasteiger partial charge in [-0.15, -0.1) is 0 Å². The highest BCUT2D eigenvalue weighted by Gasteiger charge is 2.15. The molecule has 23 heavy (non-hydrogen) atoms. The first-order chi connectivity index (χ1) is 11.1. The van der Waals surface area contributed by atoms with Crippen LogP contribution < -0.4 is 10.2 Å². The number of carbonyl (C=O) groups excluding carboxylic acids is 1. The molecule has 0 aliphatic carbocycles. The van der Waals surface area contributed by atoms with E-state index in [-0.39, 0.29) is 5.91 Å². The predicted molar refractivity (Wildman–Crippen MR) is 94.2 cm³/mol. The van der Waals surface area contributed by atoms with Crippen molar-refractivity contribution in [3.8, 4) is 0 Å². The second-order valence-electron chi connectivity index (χ2n) is 6.32. The first-order valence-electron chi connectivity index (χ1n) is 8.26. The van der Waals surface area contributed by atoms with Crippen molar-refractivity contribution in [1.29, 1.82) is 0 Å². The summed E-state index contributed by atoms with van der Waals surface area (Å²) in [6.07, 6.45) is 4.14. The Kier molecular flexibility index (Phi) is 4.60. The Balaban J connectivity index is 1.71. The topological polar surface area (TPSA) is 45.2 Å². The standard InChI is InChI=1S/C19H23N3O/c1-14(2)15-5-7-16(8-6-15)21-19(23)18-13-17(9-10-20-18)22-11-3-4-12-22/h5-10,13-14H,3-4,11-12H2,1-2H3,(H,21,23). The van der Waals surface area contributed by atoms with Crippen molar-refractivity contribution in [1.82, 2.24) is 4.98 Å². The van der Waals surface area contributed by atoms with Gasteiger partial charge < -0.3 is 10.2 Å². The second kappa shape index (κ2) is 6.82. The van der Waals surface area contributed by atoms with Gasteiger partial charge in [0.25, 0.3) is 5.91 Å². The van der Waals surface area contributed by atoms with Gasteiger partial charge in [0, 0.05) is 30.7 Å². The summed E-state index contributed by atoms with van der Waals surface area (Å²) in [7, 11) is 0. The lowest BCUT2D eigenvalue weighted by Gasteiger charge is -2.17. The third-order valence-electron chi connectivity index (χ3n) is 4.28. The average Bonchev–Trinajstić information content (AvgIpc) is 3.10. The summed E-state index contributed by atoms with van der Waals surface area (Å²) >= 11 is 0. The lowest BCUT2D eigenvalue weighted by molar-refractivity contribution is 0.102. The van der Waals surface area contributed by atoms with E-state index in [1.165, 1.54) is 18.4 Å². The summed E-state index contributed by atoms with van der Waals surface area (Å²) in [5.74, 6) is 0.321. The van der Waals surface area contributed by atoms with E-state index < -0.39 is 0 Å². The number of nitrogens with one attached hydrogen (secondary N) is 1. The molecule has 3 rings (SSSR count). The smallest absolute Gasteiger partial charge is 0.274 e. The summed E-state index contributed by atoms with van der Waals surface area (Å²) in [6, 6.07) is 11.8. The number of carbonyl (C=O) groups is 1. The minimum atomic E-state index is -0.164. The quantitative estimate of drug-likeness (QED) is 0.926. The van der Waals surface area contributed by atoms with Gasteiger partial charge in [-0.25, -0.2) is 0 Å². The fourth-order valence-corrected chi connectivity index (χ4v) is 2.86. The van der Waals surface area contributed by atoms with Gasteiger partial charge in [0.1, 0.15) is 5.69 Å². The summed E-state index contributed by atoms with van der Waals surface area (Å²) in [5, 5.41) is 2.92. The van der Waals surface area contributed by atoms with E-state index in [1.54, 1.807) is 6.20 Å². The molecular formula is C19H23N3O. The van der Waals surface area contributed by atoms with Crippen LogP contribution in [0.2, 0.25) is 0 Å². The Labute approximate surface area is 137 Å². The number of amides is 1. The molecule has 2 heterocycles. The van der Waals surface area contributed by atoms with E-state index in [0.29, 0.717) is 11.6 Å². The SMILES string of the molecule is CC(C)c1ccc(NC(=O)c2cc(N3CCCC3)ccn2)cc1. The Morgan fingerprint density at radius 1 is 1.13 bits per heavy atom. The monoisotopic (exact) mass is 309 g/mol. The van der Waals surface area contributed by atoms with E-state index in [1.807, 2.05) is 36.4 Å². The third-order valence-corrected chi connectivity index (χ3v) is 4.28. The molecule has 1 aliphatic heterocycles. The Morgan fingerprint density at radius 2 is 1.83 bits per heavy atom. The van der Waals surface area contributed by atoms with Crippen LogP contribution in [0.1, 0.15) is 48.7 Å². The number of benzene rings is 1. The van der Waals surface area contributed by atoms with Crippen LogP contribution in [0.4, 0.5) is 11.4 Å². The average molecular weight is 309 g/mol. The summed E-state index contributed by atoms with van der Waals surface area (Å²) in [4.78, 5) is 18.9. The molecular weight excluding hydrogens is 286 g/mol. The number of nitrogens with zero attached hydrogens (tertiary/aromatic N) is 2. The van der Waals surface area contributed by atoms with E-state index in [9.17, 15) is 4.79 Å². The molecule has 120 valence electrons. The largest absolute Gasteiger partial charge is 0.371 e. The van der Waals surface area contributed by atoms with Gasteiger partial charge in [-0.05, 0) is 48.6 Å². The Hall–Kier alpha value is -2.36. The van der Waals surface area contributed by atoms with Gasteiger partial charge in [-0.3, -0.25) is 9.78 Å². The van der Waals surface area contributed by atoms with Crippen molar-refractivity contribution in [2.75, 3.05) is 23.3 Å². The van der Waals surface area contributed by atoms with E-state index in [2.05, 4.69) is 29.0 Å². The maximum Gasteiger partial charge on any atom is 0.274 e. The maximum absolute atomic E-state index is 12.4. The maximum atomic E-state index is 12.4. The normalized spacial score (nSPS) is 14.3. The van der Waals surface area contributed by atoms with E-state index in [4.69, 9.17) is 0 Å². The summed E-state index contributed by atoms with van der Waals surface area (Å²) in [5.41, 5.74) is 3.60. The van der Waals surface area contributed by atoms with Gasteiger partial charge >= 0.3 is 0 Å². The zero-order chi connectivity index (χ0) is 16.2. The first-order valence-corrected chi connectivity index (χ1v) is 8.26. The van der Waals surface area contributed by atoms with Crippen molar-refractivity contribution in [3.05, 3.63) is 53.9 Å². The molecule has 1 aromatic carbocycles. The number of anilines is 2. The van der Waals surface area contributed by atoms with Gasteiger partial charge in [0.15, 0.2) is 0 Å². The highest BCUT2D eigenvalue weighted by molar-refractivity contribution is 6.03. The molecule has 1 amide bonds. The molecule has 0 saturated carbocycles. The number of pyridine rings is 1. The summed E-state index contributed by atoms with van der Waals surface area (Å²) < 4.78 is 0. The fraction of sp³-hybridized carbons (Fsp3) is 0.368. The fourth-order valence-electron chi connectivity index (χ4n) is 2.86.